The fraction of sp³-hybridized carbons (Fsp3) is 0.150. The van der Waals surface area contributed by atoms with E-state index in [-0.39, 0.29) is 5.91 Å². The molecule has 0 saturated heterocycles. The number of nitrogens with zero attached hydrogens (tertiary/aromatic N) is 2. The van der Waals surface area contributed by atoms with Crippen LogP contribution in [0.15, 0.2) is 60.7 Å². The highest BCUT2D eigenvalue weighted by molar-refractivity contribution is 6.30. The number of rotatable bonds is 6. The summed E-state index contributed by atoms with van der Waals surface area (Å²) in [4.78, 5) is 21.0. The number of hydrogen-bond acceptors (Lipinski definition) is 4. The van der Waals surface area contributed by atoms with Crippen molar-refractivity contribution in [3.05, 3.63) is 88.3 Å². The van der Waals surface area contributed by atoms with Crippen molar-refractivity contribution < 1.29 is 4.79 Å². The van der Waals surface area contributed by atoms with E-state index in [1.54, 1.807) is 25.1 Å². The summed E-state index contributed by atoms with van der Waals surface area (Å²) in [7, 11) is 0. The molecule has 0 bridgehead atoms. The molecule has 26 heavy (non-hydrogen) atoms. The Morgan fingerprint density at radius 2 is 1.65 bits per heavy atom. The second kappa shape index (κ2) is 8.45. The molecule has 0 unspecified atom stereocenters. The SMILES string of the molecule is Cc1nc(NCc2ccccc2)cc(C(=O)NCc2ccc(Cl)cc2)n1. The average molecular weight is 367 g/mol. The molecule has 0 aliphatic rings. The predicted molar refractivity (Wildman–Crippen MR) is 103 cm³/mol. The first kappa shape index (κ1) is 17.9. The van der Waals surface area contributed by atoms with Gasteiger partial charge >= 0.3 is 0 Å². The molecular formula is C20H19ClN4O. The van der Waals surface area contributed by atoms with Crippen molar-refractivity contribution in [2.75, 3.05) is 5.32 Å². The molecule has 0 radical (unpaired) electrons. The number of carbonyl (C=O) groups excluding carboxylic acids is 1. The van der Waals surface area contributed by atoms with Crippen LogP contribution in [0.2, 0.25) is 5.02 Å². The van der Waals surface area contributed by atoms with E-state index < -0.39 is 0 Å². The van der Waals surface area contributed by atoms with Crippen LogP contribution < -0.4 is 10.6 Å². The van der Waals surface area contributed by atoms with Gasteiger partial charge in [0, 0.05) is 24.2 Å². The predicted octanol–water partition coefficient (Wildman–Crippen LogP) is 3.98. The molecule has 0 spiro atoms. The van der Waals surface area contributed by atoms with Crippen LogP contribution in [0, 0.1) is 6.92 Å². The minimum Gasteiger partial charge on any atom is -0.366 e. The topological polar surface area (TPSA) is 66.9 Å². The molecule has 0 aliphatic heterocycles. The fourth-order valence-electron chi connectivity index (χ4n) is 2.44. The molecule has 3 aromatic rings. The van der Waals surface area contributed by atoms with Crippen molar-refractivity contribution >= 4 is 23.3 Å². The Morgan fingerprint density at radius 1 is 0.962 bits per heavy atom. The van der Waals surface area contributed by atoms with Gasteiger partial charge in [0.15, 0.2) is 0 Å². The molecule has 0 saturated carbocycles. The van der Waals surface area contributed by atoms with Crippen molar-refractivity contribution in [2.45, 2.75) is 20.0 Å². The smallest absolute Gasteiger partial charge is 0.270 e. The third kappa shape index (κ3) is 5.04. The maximum Gasteiger partial charge on any atom is 0.270 e. The minimum absolute atomic E-state index is 0.242. The molecule has 132 valence electrons. The van der Waals surface area contributed by atoms with Gasteiger partial charge in [-0.25, -0.2) is 9.97 Å². The number of anilines is 1. The summed E-state index contributed by atoms with van der Waals surface area (Å²) in [5.41, 5.74) is 2.44. The summed E-state index contributed by atoms with van der Waals surface area (Å²) in [5.74, 6) is 0.922. The quantitative estimate of drug-likeness (QED) is 0.692. The molecule has 0 atom stereocenters. The molecular weight excluding hydrogens is 348 g/mol. The van der Waals surface area contributed by atoms with Crippen LogP contribution in [0.25, 0.3) is 0 Å². The lowest BCUT2D eigenvalue weighted by Gasteiger charge is -2.09. The van der Waals surface area contributed by atoms with Crippen LogP contribution in [0.4, 0.5) is 5.82 Å². The van der Waals surface area contributed by atoms with Gasteiger partial charge in [0.25, 0.3) is 5.91 Å². The number of amides is 1. The molecule has 1 aromatic heterocycles. The van der Waals surface area contributed by atoms with E-state index in [2.05, 4.69) is 20.6 Å². The van der Waals surface area contributed by atoms with Gasteiger partial charge in [0.1, 0.15) is 17.3 Å². The first-order valence-electron chi connectivity index (χ1n) is 8.26. The normalized spacial score (nSPS) is 10.4. The molecule has 0 fully saturated rings. The molecule has 1 amide bonds. The van der Waals surface area contributed by atoms with E-state index in [9.17, 15) is 4.79 Å². The van der Waals surface area contributed by atoms with Gasteiger partial charge in [-0.05, 0) is 30.2 Å². The Morgan fingerprint density at radius 3 is 2.38 bits per heavy atom. The zero-order chi connectivity index (χ0) is 18.4. The summed E-state index contributed by atoms with van der Waals surface area (Å²) in [6.07, 6.45) is 0. The Bertz CT molecular complexity index is 882. The molecule has 6 heteroatoms. The summed E-state index contributed by atoms with van der Waals surface area (Å²) in [6, 6.07) is 19.0. The van der Waals surface area contributed by atoms with Crippen LogP contribution in [0.1, 0.15) is 27.4 Å². The Hall–Kier alpha value is -2.92. The minimum atomic E-state index is -0.242. The average Bonchev–Trinajstić information content (AvgIpc) is 2.66. The molecule has 2 aromatic carbocycles. The van der Waals surface area contributed by atoms with Crippen molar-refractivity contribution in [1.29, 1.82) is 0 Å². The van der Waals surface area contributed by atoms with Gasteiger partial charge in [0.05, 0.1) is 0 Å². The lowest BCUT2D eigenvalue weighted by molar-refractivity contribution is 0.0945. The number of benzene rings is 2. The first-order chi connectivity index (χ1) is 12.6. The third-order valence-corrected chi connectivity index (χ3v) is 4.01. The fourth-order valence-corrected chi connectivity index (χ4v) is 2.56. The molecule has 3 rings (SSSR count). The van der Waals surface area contributed by atoms with Gasteiger partial charge in [-0.3, -0.25) is 4.79 Å². The Labute approximate surface area is 157 Å². The monoisotopic (exact) mass is 366 g/mol. The van der Waals surface area contributed by atoms with Gasteiger partial charge in [0.2, 0.25) is 0 Å². The lowest BCUT2D eigenvalue weighted by Crippen LogP contribution is -2.24. The van der Waals surface area contributed by atoms with Gasteiger partial charge in [-0.15, -0.1) is 0 Å². The van der Waals surface area contributed by atoms with Crippen LogP contribution in [0.3, 0.4) is 0 Å². The van der Waals surface area contributed by atoms with Crippen molar-refractivity contribution in [1.82, 2.24) is 15.3 Å². The van der Waals surface area contributed by atoms with Crippen LogP contribution in [-0.4, -0.2) is 15.9 Å². The number of nitrogens with one attached hydrogen (secondary N) is 2. The van der Waals surface area contributed by atoms with Gasteiger partial charge in [-0.2, -0.15) is 0 Å². The van der Waals surface area contributed by atoms with Crippen LogP contribution in [0.5, 0.6) is 0 Å². The summed E-state index contributed by atoms with van der Waals surface area (Å²) < 4.78 is 0. The largest absolute Gasteiger partial charge is 0.366 e. The van der Waals surface area contributed by atoms with E-state index in [0.717, 1.165) is 11.1 Å². The second-order valence-electron chi connectivity index (χ2n) is 5.83. The summed E-state index contributed by atoms with van der Waals surface area (Å²) >= 11 is 5.87. The summed E-state index contributed by atoms with van der Waals surface area (Å²) in [5, 5.41) is 6.76. The lowest BCUT2D eigenvalue weighted by atomic mass is 10.2. The van der Waals surface area contributed by atoms with Crippen molar-refractivity contribution in [2.24, 2.45) is 0 Å². The van der Waals surface area contributed by atoms with E-state index >= 15 is 0 Å². The maximum atomic E-state index is 12.4. The summed E-state index contributed by atoms with van der Waals surface area (Å²) in [6.45, 7) is 2.80. The van der Waals surface area contributed by atoms with Crippen LogP contribution >= 0.6 is 11.6 Å². The number of carbonyl (C=O) groups is 1. The first-order valence-corrected chi connectivity index (χ1v) is 8.64. The zero-order valence-electron chi connectivity index (χ0n) is 14.4. The Kier molecular flexibility index (Phi) is 5.81. The standard InChI is InChI=1S/C20H19ClN4O/c1-14-24-18(20(26)23-13-16-7-9-17(21)10-8-16)11-19(25-14)22-12-15-5-3-2-4-6-15/h2-11H,12-13H2,1H3,(H,23,26)(H,22,24,25). The Balaban J connectivity index is 1.64. The number of aryl methyl sites for hydroxylation is 1. The van der Waals surface area contributed by atoms with Crippen LogP contribution in [-0.2, 0) is 13.1 Å². The molecule has 5 nitrogen and oxygen atoms in total. The molecule has 0 aliphatic carbocycles. The third-order valence-electron chi connectivity index (χ3n) is 3.75. The van der Waals surface area contributed by atoms with E-state index in [4.69, 9.17) is 11.6 Å². The highest BCUT2D eigenvalue weighted by atomic mass is 35.5. The highest BCUT2D eigenvalue weighted by Crippen LogP contribution is 2.11. The maximum absolute atomic E-state index is 12.4. The number of hydrogen-bond donors (Lipinski definition) is 2. The van der Waals surface area contributed by atoms with Gasteiger partial charge in [-0.1, -0.05) is 54.1 Å². The van der Waals surface area contributed by atoms with Crippen molar-refractivity contribution in [3.8, 4) is 0 Å². The van der Waals surface area contributed by atoms with E-state index in [1.165, 1.54) is 0 Å². The highest BCUT2D eigenvalue weighted by Gasteiger charge is 2.10. The van der Waals surface area contributed by atoms with Gasteiger partial charge < -0.3 is 10.6 Å². The molecule has 2 N–H and O–H groups in total. The van der Waals surface area contributed by atoms with E-state index in [0.29, 0.717) is 35.4 Å². The van der Waals surface area contributed by atoms with E-state index in [1.807, 2.05) is 42.5 Å². The second-order valence-corrected chi connectivity index (χ2v) is 6.27. The van der Waals surface area contributed by atoms with Crippen molar-refractivity contribution in [3.63, 3.8) is 0 Å². The number of halogens is 1. The molecule has 1 heterocycles. The zero-order valence-corrected chi connectivity index (χ0v) is 15.1. The number of aromatic nitrogens is 2.